The molecule has 4 heteroatoms. The van der Waals surface area contributed by atoms with Gasteiger partial charge in [0.15, 0.2) is 12.1 Å². The molecule has 4 nitrogen and oxygen atoms in total. The van der Waals surface area contributed by atoms with Crippen LogP contribution in [-0.4, -0.2) is 22.6 Å². The summed E-state index contributed by atoms with van der Waals surface area (Å²) in [7, 11) is 0. The number of quaternary nitrogens is 1. The molecule has 0 aromatic carbocycles. The van der Waals surface area contributed by atoms with Gasteiger partial charge in [-0.25, -0.2) is 5.41 Å². The van der Waals surface area contributed by atoms with Gasteiger partial charge in [0.05, 0.1) is 0 Å². The van der Waals surface area contributed by atoms with Gasteiger partial charge in [-0.05, 0) is 13.8 Å². The molecular formula is C5H13N4+. The van der Waals surface area contributed by atoms with Crippen LogP contribution >= 0.6 is 0 Å². The fourth-order valence-electron chi connectivity index (χ4n) is 1.15. The summed E-state index contributed by atoms with van der Waals surface area (Å²) in [4.78, 5) is 0. The Morgan fingerprint density at radius 3 is 1.78 bits per heavy atom. The number of nitrogens with two attached hydrogens (primary N) is 2. The van der Waals surface area contributed by atoms with Gasteiger partial charge >= 0.3 is 5.96 Å². The molecule has 1 fully saturated rings. The molecule has 0 spiro atoms. The largest absolute Gasteiger partial charge is 0.336 e. The molecule has 0 radical (unpaired) electrons. The van der Waals surface area contributed by atoms with Crippen LogP contribution in [0.1, 0.15) is 13.8 Å². The van der Waals surface area contributed by atoms with E-state index >= 15 is 0 Å². The molecule has 5 N–H and O–H groups in total. The second kappa shape index (κ2) is 1.46. The van der Waals surface area contributed by atoms with Crippen molar-refractivity contribution < 1.29 is 4.59 Å². The standard InChI is InChI=1S/C5H13N4/c1-3-4(2)9(3,8)5(6)7/h3-4H,8H2,1-2H3,(H3,6,7)/q+1. The average molecular weight is 129 g/mol. The zero-order valence-electron chi connectivity index (χ0n) is 5.76. The predicted molar refractivity (Wildman–Crippen MR) is 35.3 cm³/mol. The van der Waals surface area contributed by atoms with E-state index in [1.165, 1.54) is 0 Å². The van der Waals surface area contributed by atoms with Crippen molar-refractivity contribution in [2.24, 2.45) is 11.6 Å². The van der Waals surface area contributed by atoms with Crippen LogP contribution in [-0.2, 0) is 0 Å². The highest BCUT2D eigenvalue weighted by atomic mass is 15.7. The predicted octanol–water partition coefficient (Wildman–Crippen LogP) is -0.639. The molecule has 0 aromatic heterocycles. The van der Waals surface area contributed by atoms with Crippen molar-refractivity contribution in [1.82, 2.24) is 0 Å². The molecule has 1 aliphatic heterocycles. The van der Waals surface area contributed by atoms with Gasteiger partial charge in [-0.1, -0.05) is 0 Å². The van der Waals surface area contributed by atoms with Crippen molar-refractivity contribution in [3.8, 4) is 0 Å². The number of nitrogens with zero attached hydrogens (tertiary/aromatic N) is 1. The van der Waals surface area contributed by atoms with E-state index in [4.69, 9.17) is 17.0 Å². The maximum absolute atomic E-state index is 7.09. The van der Waals surface area contributed by atoms with Crippen LogP contribution in [0.3, 0.4) is 0 Å². The Bertz CT molecular complexity index is 145. The first-order valence-corrected chi connectivity index (χ1v) is 3.02. The van der Waals surface area contributed by atoms with Gasteiger partial charge in [0.1, 0.15) is 0 Å². The van der Waals surface area contributed by atoms with Crippen LogP contribution in [0.5, 0.6) is 0 Å². The second-order valence-electron chi connectivity index (χ2n) is 2.70. The Hall–Kier alpha value is -0.610. The minimum absolute atomic E-state index is 0.0648. The van der Waals surface area contributed by atoms with Crippen molar-refractivity contribution in [2.45, 2.75) is 25.9 Å². The van der Waals surface area contributed by atoms with Crippen LogP contribution < -0.4 is 11.6 Å². The van der Waals surface area contributed by atoms with Crippen LogP contribution in [0, 0.1) is 5.41 Å². The van der Waals surface area contributed by atoms with Gasteiger partial charge in [0, 0.05) is 0 Å². The Labute approximate surface area is 54.5 Å². The van der Waals surface area contributed by atoms with Crippen molar-refractivity contribution in [2.75, 3.05) is 0 Å². The summed E-state index contributed by atoms with van der Waals surface area (Å²) in [5.74, 6) is 5.73. The fourth-order valence-corrected chi connectivity index (χ4v) is 1.15. The van der Waals surface area contributed by atoms with Gasteiger partial charge in [-0.3, -0.25) is 0 Å². The molecule has 0 saturated carbocycles. The summed E-state index contributed by atoms with van der Waals surface area (Å²) in [6.45, 7) is 3.98. The lowest BCUT2D eigenvalue weighted by Gasteiger charge is -2.07. The Balaban J connectivity index is 2.71. The van der Waals surface area contributed by atoms with E-state index in [0.717, 1.165) is 0 Å². The van der Waals surface area contributed by atoms with E-state index in [1.54, 1.807) is 0 Å². The van der Waals surface area contributed by atoms with E-state index in [0.29, 0.717) is 12.1 Å². The van der Waals surface area contributed by atoms with Crippen molar-refractivity contribution in [3.05, 3.63) is 0 Å². The zero-order chi connectivity index (χ0) is 7.23. The highest BCUT2D eigenvalue weighted by Crippen LogP contribution is 2.32. The number of guanidine groups is 1. The Morgan fingerprint density at radius 2 is 1.78 bits per heavy atom. The van der Waals surface area contributed by atoms with Crippen LogP contribution in [0.4, 0.5) is 0 Å². The van der Waals surface area contributed by atoms with E-state index in [9.17, 15) is 0 Å². The smallest absolute Gasteiger partial charge is 0.312 e. The lowest BCUT2D eigenvalue weighted by molar-refractivity contribution is -0.743. The molecule has 0 bridgehead atoms. The first-order valence-electron chi connectivity index (χ1n) is 3.02. The molecule has 1 heterocycles. The summed E-state index contributed by atoms with van der Waals surface area (Å²) in [6, 6.07) is 0.644. The van der Waals surface area contributed by atoms with Gasteiger partial charge in [0.2, 0.25) is 0 Å². The number of nitrogens with one attached hydrogen (secondary N) is 1. The van der Waals surface area contributed by atoms with Gasteiger partial charge in [0.25, 0.3) is 0 Å². The molecule has 1 aliphatic rings. The van der Waals surface area contributed by atoms with E-state index in [1.807, 2.05) is 13.8 Å². The molecule has 52 valence electrons. The topological polar surface area (TPSA) is 75.9 Å². The molecule has 2 atom stereocenters. The maximum Gasteiger partial charge on any atom is 0.312 e. The van der Waals surface area contributed by atoms with Crippen molar-refractivity contribution >= 4 is 5.96 Å². The average Bonchev–Trinajstić information content (AvgIpc) is 2.22. The minimum atomic E-state index is 0.0648. The first kappa shape index (κ1) is 6.51. The first-order chi connectivity index (χ1) is 4.01. The van der Waals surface area contributed by atoms with Gasteiger partial charge in [-0.15, -0.1) is 0 Å². The maximum atomic E-state index is 7.09. The summed E-state index contributed by atoms with van der Waals surface area (Å²) in [6.07, 6.45) is 0. The third kappa shape index (κ3) is 0.571. The highest BCUT2D eigenvalue weighted by molar-refractivity contribution is 5.68. The molecule has 1 rings (SSSR count). The number of hydrogen-bond acceptors (Lipinski definition) is 2. The summed E-state index contributed by atoms with van der Waals surface area (Å²) >= 11 is 0. The molecular weight excluding hydrogens is 116 g/mol. The van der Waals surface area contributed by atoms with Crippen LogP contribution in [0.25, 0.3) is 0 Å². The molecule has 1 saturated heterocycles. The number of rotatable bonds is 0. The summed E-state index contributed by atoms with van der Waals surface area (Å²) in [5, 5.41) is 7.09. The SMILES string of the molecule is CC1C(C)[N+]1(N)C(=N)N. The molecule has 2 unspecified atom stereocenters. The van der Waals surface area contributed by atoms with E-state index in [-0.39, 0.29) is 10.6 Å². The van der Waals surface area contributed by atoms with Gasteiger partial charge in [-0.2, -0.15) is 10.4 Å². The quantitative estimate of drug-likeness (QED) is 0.134. The third-order valence-electron chi connectivity index (χ3n) is 2.37. The monoisotopic (exact) mass is 129 g/mol. The zero-order valence-corrected chi connectivity index (χ0v) is 5.76. The van der Waals surface area contributed by atoms with Gasteiger partial charge < -0.3 is 5.73 Å². The lowest BCUT2D eigenvalue weighted by Crippen LogP contribution is -2.48. The van der Waals surface area contributed by atoms with E-state index < -0.39 is 0 Å². The molecule has 0 amide bonds. The highest BCUT2D eigenvalue weighted by Gasteiger charge is 2.62. The Morgan fingerprint density at radius 1 is 1.44 bits per heavy atom. The second-order valence-corrected chi connectivity index (χ2v) is 2.70. The summed E-state index contributed by atoms with van der Waals surface area (Å²) in [5.41, 5.74) is 5.24. The van der Waals surface area contributed by atoms with Crippen molar-refractivity contribution in [1.29, 1.82) is 5.41 Å². The third-order valence-corrected chi connectivity index (χ3v) is 2.37. The molecule has 0 aromatic rings. The summed E-state index contributed by atoms with van der Waals surface area (Å²) < 4.78 is 0.139. The minimum Gasteiger partial charge on any atom is -0.336 e. The van der Waals surface area contributed by atoms with Crippen molar-refractivity contribution in [3.63, 3.8) is 0 Å². The molecule has 9 heavy (non-hydrogen) atoms. The lowest BCUT2D eigenvalue weighted by atomic mass is 10.4. The normalized spacial score (nSPS) is 48.8. The van der Waals surface area contributed by atoms with Crippen LogP contribution in [0.2, 0.25) is 0 Å². The van der Waals surface area contributed by atoms with Crippen LogP contribution in [0.15, 0.2) is 0 Å². The fraction of sp³-hybridized carbons (Fsp3) is 0.800. The Kier molecular flexibility index (Phi) is 1.05. The number of hydrogen-bond donors (Lipinski definition) is 3. The van der Waals surface area contributed by atoms with E-state index in [2.05, 4.69) is 0 Å². The molecule has 0 aliphatic carbocycles.